The molecule has 0 amide bonds. The number of hydrogen-bond donors (Lipinski definition) is 0. The van der Waals surface area contributed by atoms with Gasteiger partial charge in [-0.2, -0.15) is 0 Å². The quantitative estimate of drug-likeness (QED) is 0.560. The van der Waals surface area contributed by atoms with E-state index in [1.165, 1.54) is 25.7 Å². The third-order valence-corrected chi connectivity index (χ3v) is 4.58. The van der Waals surface area contributed by atoms with E-state index < -0.39 is 0 Å². The van der Waals surface area contributed by atoms with Crippen LogP contribution in [0.15, 0.2) is 0 Å². The van der Waals surface area contributed by atoms with Crippen molar-refractivity contribution in [1.82, 2.24) is 0 Å². The van der Waals surface area contributed by atoms with Gasteiger partial charge in [0.15, 0.2) is 0 Å². The molecular weight excluding hydrogens is 156 g/mol. The summed E-state index contributed by atoms with van der Waals surface area (Å²) in [4.78, 5) is 0. The number of alkyl halides is 1. The highest BCUT2D eigenvalue weighted by molar-refractivity contribution is 6.18. The van der Waals surface area contributed by atoms with Crippen molar-refractivity contribution < 1.29 is 0 Å². The van der Waals surface area contributed by atoms with Crippen LogP contribution >= 0.6 is 11.6 Å². The molecule has 0 nitrogen and oxygen atoms in total. The average molecular weight is 173 g/mol. The minimum absolute atomic E-state index is 0.548. The molecule has 0 aromatic carbocycles. The molecule has 11 heavy (non-hydrogen) atoms. The van der Waals surface area contributed by atoms with Crippen LogP contribution in [0.25, 0.3) is 0 Å². The standard InChI is InChI=1S/C10H17Cl/c1-9(2)6-10(9,7-11)8-4-3-5-8/h8H,3-7H2,1-2H3. The van der Waals surface area contributed by atoms with Crippen LogP contribution in [0.2, 0.25) is 0 Å². The van der Waals surface area contributed by atoms with Gasteiger partial charge in [-0.3, -0.25) is 0 Å². The summed E-state index contributed by atoms with van der Waals surface area (Å²) >= 11 is 6.05. The van der Waals surface area contributed by atoms with Crippen molar-refractivity contribution in [3.8, 4) is 0 Å². The van der Waals surface area contributed by atoms with Gasteiger partial charge in [-0.1, -0.05) is 20.3 Å². The molecule has 1 unspecified atom stereocenters. The molecule has 0 bridgehead atoms. The van der Waals surface area contributed by atoms with E-state index >= 15 is 0 Å². The van der Waals surface area contributed by atoms with Crippen molar-refractivity contribution >= 4 is 11.6 Å². The van der Waals surface area contributed by atoms with Gasteiger partial charge >= 0.3 is 0 Å². The summed E-state index contributed by atoms with van der Waals surface area (Å²) in [5, 5.41) is 0. The van der Waals surface area contributed by atoms with E-state index in [0.29, 0.717) is 10.8 Å². The van der Waals surface area contributed by atoms with Gasteiger partial charge in [0.25, 0.3) is 0 Å². The van der Waals surface area contributed by atoms with Crippen molar-refractivity contribution in [2.45, 2.75) is 39.5 Å². The highest BCUT2D eigenvalue weighted by atomic mass is 35.5. The van der Waals surface area contributed by atoms with E-state index in [0.717, 1.165) is 11.8 Å². The predicted octanol–water partition coefficient (Wildman–Crippen LogP) is 3.44. The van der Waals surface area contributed by atoms with Crippen LogP contribution in [0.4, 0.5) is 0 Å². The summed E-state index contributed by atoms with van der Waals surface area (Å²) < 4.78 is 0. The second-order valence-electron chi connectivity index (χ2n) is 4.98. The molecule has 2 saturated carbocycles. The molecule has 2 aliphatic rings. The Bertz CT molecular complexity index is 170. The Morgan fingerprint density at radius 1 is 1.36 bits per heavy atom. The fourth-order valence-electron chi connectivity index (χ4n) is 2.74. The van der Waals surface area contributed by atoms with Crippen LogP contribution in [0, 0.1) is 16.7 Å². The van der Waals surface area contributed by atoms with Gasteiger partial charge in [0.1, 0.15) is 0 Å². The van der Waals surface area contributed by atoms with Crippen LogP contribution in [-0.4, -0.2) is 5.88 Å². The Hall–Kier alpha value is 0.290. The van der Waals surface area contributed by atoms with Crippen molar-refractivity contribution in [3.05, 3.63) is 0 Å². The van der Waals surface area contributed by atoms with Gasteiger partial charge in [0, 0.05) is 5.88 Å². The van der Waals surface area contributed by atoms with Gasteiger partial charge in [-0.15, -0.1) is 11.6 Å². The summed E-state index contributed by atoms with van der Waals surface area (Å²) in [5.41, 5.74) is 1.10. The van der Waals surface area contributed by atoms with Crippen LogP contribution < -0.4 is 0 Å². The zero-order valence-electron chi connectivity index (χ0n) is 7.49. The topological polar surface area (TPSA) is 0 Å². The summed E-state index contributed by atoms with van der Waals surface area (Å²) in [6, 6.07) is 0. The molecule has 0 radical (unpaired) electrons. The zero-order valence-corrected chi connectivity index (χ0v) is 8.25. The summed E-state index contributed by atoms with van der Waals surface area (Å²) in [7, 11) is 0. The van der Waals surface area contributed by atoms with E-state index in [2.05, 4.69) is 13.8 Å². The highest BCUT2D eigenvalue weighted by Gasteiger charge is 2.64. The van der Waals surface area contributed by atoms with Gasteiger partial charge in [-0.25, -0.2) is 0 Å². The fourth-order valence-corrected chi connectivity index (χ4v) is 3.41. The third-order valence-electron chi connectivity index (χ3n) is 4.11. The van der Waals surface area contributed by atoms with Crippen LogP contribution in [0.5, 0.6) is 0 Å². The smallest absolute Gasteiger partial charge is 0.0287 e. The molecule has 2 aliphatic carbocycles. The minimum Gasteiger partial charge on any atom is -0.126 e. The molecule has 1 atom stereocenters. The molecule has 2 rings (SSSR count). The zero-order chi connectivity index (χ0) is 8.11. The lowest BCUT2D eigenvalue weighted by molar-refractivity contribution is 0.167. The summed E-state index contributed by atoms with van der Waals surface area (Å²) in [5.74, 6) is 1.86. The third kappa shape index (κ3) is 0.884. The molecule has 1 heteroatoms. The first kappa shape index (κ1) is 7.91. The lowest BCUT2D eigenvalue weighted by Gasteiger charge is -2.35. The van der Waals surface area contributed by atoms with E-state index in [1.807, 2.05) is 0 Å². The summed E-state index contributed by atoms with van der Waals surface area (Å²) in [6.45, 7) is 4.74. The van der Waals surface area contributed by atoms with Gasteiger partial charge in [0.05, 0.1) is 0 Å². The summed E-state index contributed by atoms with van der Waals surface area (Å²) in [6.07, 6.45) is 5.69. The van der Waals surface area contributed by atoms with Gasteiger partial charge in [0.2, 0.25) is 0 Å². The molecule has 0 aromatic rings. The average Bonchev–Trinajstić information content (AvgIpc) is 2.31. The second kappa shape index (κ2) is 2.16. The molecule has 0 saturated heterocycles. The monoisotopic (exact) mass is 172 g/mol. The Kier molecular flexibility index (Phi) is 1.55. The number of hydrogen-bond acceptors (Lipinski definition) is 0. The largest absolute Gasteiger partial charge is 0.126 e. The van der Waals surface area contributed by atoms with Crippen molar-refractivity contribution in [3.63, 3.8) is 0 Å². The van der Waals surface area contributed by atoms with Crippen molar-refractivity contribution in [2.24, 2.45) is 16.7 Å². The minimum atomic E-state index is 0.548. The maximum absolute atomic E-state index is 6.05. The maximum atomic E-state index is 6.05. The maximum Gasteiger partial charge on any atom is 0.0287 e. The second-order valence-corrected chi connectivity index (χ2v) is 5.25. The van der Waals surface area contributed by atoms with E-state index in [9.17, 15) is 0 Å². The molecule has 0 aromatic heterocycles. The van der Waals surface area contributed by atoms with E-state index in [-0.39, 0.29) is 0 Å². The molecule has 64 valence electrons. The molecule has 0 spiro atoms. The lowest BCUT2D eigenvalue weighted by Crippen LogP contribution is -2.28. The van der Waals surface area contributed by atoms with Crippen LogP contribution in [0.1, 0.15) is 39.5 Å². The van der Waals surface area contributed by atoms with Crippen LogP contribution in [-0.2, 0) is 0 Å². The van der Waals surface area contributed by atoms with Crippen molar-refractivity contribution in [1.29, 1.82) is 0 Å². The Labute approximate surface area is 74.3 Å². The molecule has 0 N–H and O–H groups in total. The first-order chi connectivity index (χ1) is 5.12. The lowest BCUT2D eigenvalue weighted by atomic mass is 9.71. The van der Waals surface area contributed by atoms with Crippen molar-refractivity contribution in [2.75, 3.05) is 5.88 Å². The van der Waals surface area contributed by atoms with Crippen LogP contribution in [0.3, 0.4) is 0 Å². The molecule has 0 aliphatic heterocycles. The molecular formula is C10H17Cl. The van der Waals surface area contributed by atoms with Gasteiger partial charge in [-0.05, 0) is 36.0 Å². The van der Waals surface area contributed by atoms with Gasteiger partial charge < -0.3 is 0 Å². The Balaban J connectivity index is 2.08. The predicted molar refractivity (Wildman–Crippen MR) is 48.9 cm³/mol. The Morgan fingerprint density at radius 3 is 2.00 bits per heavy atom. The number of halogens is 1. The Morgan fingerprint density at radius 2 is 1.91 bits per heavy atom. The highest BCUT2D eigenvalue weighted by Crippen LogP contribution is 2.71. The number of rotatable bonds is 2. The molecule has 2 fully saturated rings. The normalized spacial score (nSPS) is 41.7. The SMILES string of the molecule is CC1(C)CC1(CCl)C1CCC1. The first-order valence-electron chi connectivity index (χ1n) is 4.68. The first-order valence-corrected chi connectivity index (χ1v) is 5.22. The fraction of sp³-hybridized carbons (Fsp3) is 1.00. The van der Waals surface area contributed by atoms with E-state index in [4.69, 9.17) is 11.6 Å². The van der Waals surface area contributed by atoms with E-state index in [1.54, 1.807) is 0 Å². The molecule has 0 heterocycles.